The third-order valence-electron chi connectivity index (χ3n) is 4.01. The topological polar surface area (TPSA) is 67.8 Å². The number of ketones is 1. The van der Waals surface area contributed by atoms with Crippen molar-refractivity contribution >= 4 is 39.0 Å². The first kappa shape index (κ1) is 14.7. The number of fused-ring (bicyclic) bond motifs is 1. The number of hydrogen-bond acceptors (Lipinski definition) is 5. The summed E-state index contributed by atoms with van der Waals surface area (Å²) in [5.41, 5.74) is 0.860. The predicted octanol–water partition coefficient (Wildman–Crippen LogP) is 3.40. The maximum atomic E-state index is 12.6. The van der Waals surface area contributed by atoms with Gasteiger partial charge in [-0.05, 0) is 36.8 Å². The van der Waals surface area contributed by atoms with E-state index in [-0.39, 0.29) is 17.5 Å². The van der Waals surface area contributed by atoms with Crippen LogP contribution in [0.1, 0.15) is 34.1 Å². The summed E-state index contributed by atoms with van der Waals surface area (Å²) in [6, 6.07) is 8.31. The Balaban J connectivity index is 1.56. The summed E-state index contributed by atoms with van der Waals surface area (Å²) >= 11 is 2.87. The first-order valence-electron chi connectivity index (χ1n) is 7.46. The van der Waals surface area contributed by atoms with Gasteiger partial charge in [-0.3, -0.25) is 9.36 Å². The molecule has 2 heterocycles. The van der Waals surface area contributed by atoms with Crippen LogP contribution in [0.5, 0.6) is 0 Å². The van der Waals surface area contributed by atoms with Crippen molar-refractivity contribution in [1.29, 1.82) is 0 Å². The number of Topliss-reactive ketones (excluding diaryl/α,β-unsaturated/α-hetero) is 1. The van der Waals surface area contributed by atoms with Gasteiger partial charge in [0, 0.05) is 10.7 Å². The van der Waals surface area contributed by atoms with E-state index in [1.807, 2.05) is 31.2 Å². The fourth-order valence-electron chi connectivity index (χ4n) is 2.68. The van der Waals surface area contributed by atoms with Crippen molar-refractivity contribution in [3.63, 3.8) is 0 Å². The second-order valence-corrected chi connectivity index (χ2v) is 7.67. The molecule has 7 heteroatoms. The molecule has 118 valence electrons. The van der Waals surface area contributed by atoms with Crippen molar-refractivity contribution in [2.24, 2.45) is 0 Å². The van der Waals surface area contributed by atoms with E-state index in [4.69, 9.17) is 0 Å². The lowest BCUT2D eigenvalue weighted by Gasteiger charge is -2.02. The number of aromatic nitrogens is 3. The summed E-state index contributed by atoms with van der Waals surface area (Å²) in [5.74, 6) is 0.386. The van der Waals surface area contributed by atoms with Gasteiger partial charge in [0.1, 0.15) is 0 Å². The number of H-pyrrole nitrogens is 1. The van der Waals surface area contributed by atoms with Crippen LogP contribution in [0.15, 0.2) is 34.2 Å². The molecule has 23 heavy (non-hydrogen) atoms. The molecule has 0 atom stereocenters. The van der Waals surface area contributed by atoms with Gasteiger partial charge >= 0.3 is 5.69 Å². The van der Waals surface area contributed by atoms with Crippen molar-refractivity contribution < 1.29 is 4.79 Å². The fraction of sp³-hybridized carbons (Fsp3) is 0.312. The van der Waals surface area contributed by atoms with E-state index in [0.29, 0.717) is 10.9 Å². The Morgan fingerprint density at radius 3 is 2.96 bits per heavy atom. The van der Waals surface area contributed by atoms with Crippen LogP contribution in [-0.4, -0.2) is 26.3 Å². The third kappa shape index (κ3) is 2.64. The lowest BCUT2D eigenvalue weighted by atomic mass is 10.1. The average molecular weight is 345 g/mol. The highest BCUT2D eigenvalue weighted by molar-refractivity contribution is 7.99. The molecule has 2 aromatic heterocycles. The molecule has 1 fully saturated rings. The SMILES string of the molecule is Cc1c(C(=O)CSc2n[nH]c(=O)n2C2CC2)sc2ccccc12. The van der Waals surface area contributed by atoms with Gasteiger partial charge in [0.15, 0.2) is 10.9 Å². The van der Waals surface area contributed by atoms with Crippen LogP contribution in [0.2, 0.25) is 0 Å². The van der Waals surface area contributed by atoms with E-state index in [9.17, 15) is 9.59 Å². The molecule has 1 aromatic carbocycles. The summed E-state index contributed by atoms with van der Waals surface area (Å²) in [4.78, 5) is 25.1. The number of carbonyl (C=O) groups is 1. The molecule has 1 N–H and O–H groups in total. The van der Waals surface area contributed by atoms with Gasteiger partial charge in [-0.25, -0.2) is 9.89 Å². The lowest BCUT2D eigenvalue weighted by molar-refractivity contribution is 0.102. The highest BCUT2D eigenvalue weighted by Gasteiger charge is 2.29. The molecule has 1 aliphatic carbocycles. The maximum Gasteiger partial charge on any atom is 0.344 e. The van der Waals surface area contributed by atoms with Crippen LogP contribution >= 0.6 is 23.1 Å². The van der Waals surface area contributed by atoms with Crippen LogP contribution < -0.4 is 5.69 Å². The van der Waals surface area contributed by atoms with E-state index in [0.717, 1.165) is 33.4 Å². The number of nitrogens with zero attached hydrogens (tertiary/aromatic N) is 2. The van der Waals surface area contributed by atoms with Crippen molar-refractivity contribution in [3.8, 4) is 0 Å². The summed E-state index contributed by atoms with van der Waals surface area (Å²) < 4.78 is 2.81. The number of rotatable bonds is 5. The van der Waals surface area contributed by atoms with Crippen LogP contribution in [0.25, 0.3) is 10.1 Å². The van der Waals surface area contributed by atoms with Crippen LogP contribution in [-0.2, 0) is 0 Å². The molecular weight excluding hydrogens is 330 g/mol. The molecule has 0 saturated heterocycles. The van der Waals surface area contributed by atoms with Gasteiger partial charge in [-0.1, -0.05) is 30.0 Å². The Labute approximate surface area is 140 Å². The van der Waals surface area contributed by atoms with Crippen molar-refractivity contribution in [2.75, 3.05) is 5.75 Å². The number of carbonyl (C=O) groups excluding carboxylic acids is 1. The predicted molar refractivity (Wildman–Crippen MR) is 92.7 cm³/mol. The van der Waals surface area contributed by atoms with Gasteiger partial charge in [0.05, 0.1) is 10.6 Å². The van der Waals surface area contributed by atoms with Crippen LogP contribution in [0.4, 0.5) is 0 Å². The lowest BCUT2D eigenvalue weighted by Crippen LogP contribution is -2.16. The monoisotopic (exact) mass is 345 g/mol. The Morgan fingerprint density at radius 1 is 1.43 bits per heavy atom. The molecule has 3 aromatic rings. The molecular formula is C16H15N3O2S2. The summed E-state index contributed by atoms with van der Waals surface area (Å²) in [6.07, 6.45) is 2.02. The zero-order valence-electron chi connectivity index (χ0n) is 12.5. The van der Waals surface area contributed by atoms with Gasteiger partial charge in [0.25, 0.3) is 0 Å². The summed E-state index contributed by atoms with van der Waals surface area (Å²) in [6.45, 7) is 1.99. The molecule has 0 amide bonds. The van der Waals surface area contributed by atoms with E-state index >= 15 is 0 Å². The number of aryl methyl sites for hydroxylation is 1. The molecule has 0 spiro atoms. The maximum absolute atomic E-state index is 12.6. The molecule has 0 radical (unpaired) electrons. The fourth-order valence-corrected chi connectivity index (χ4v) is 4.81. The van der Waals surface area contributed by atoms with E-state index in [2.05, 4.69) is 10.2 Å². The molecule has 5 nitrogen and oxygen atoms in total. The van der Waals surface area contributed by atoms with Gasteiger partial charge < -0.3 is 0 Å². The molecule has 4 rings (SSSR count). The van der Waals surface area contributed by atoms with Gasteiger partial charge in [0.2, 0.25) is 0 Å². The quantitative estimate of drug-likeness (QED) is 0.568. The highest BCUT2D eigenvalue weighted by Crippen LogP contribution is 2.36. The van der Waals surface area contributed by atoms with E-state index in [1.54, 1.807) is 4.57 Å². The molecule has 0 bridgehead atoms. The average Bonchev–Trinajstić information content (AvgIpc) is 3.24. The van der Waals surface area contributed by atoms with Gasteiger partial charge in [-0.15, -0.1) is 16.4 Å². The minimum absolute atomic E-state index is 0.0893. The zero-order valence-corrected chi connectivity index (χ0v) is 14.2. The van der Waals surface area contributed by atoms with Crippen molar-refractivity contribution in [2.45, 2.75) is 31.0 Å². The minimum Gasteiger partial charge on any atom is -0.292 e. The molecule has 1 aliphatic rings. The second-order valence-electron chi connectivity index (χ2n) is 5.68. The molecule has 0 unspecified atom stereocenters. The van der Waals surface area contributed by atoms with Crippen LogP contribution in [0, 0.1) is 6.92 Å². The normalized spacial score (nSPS) is 14.5. The minimum atomic E-state index is -0.180. The largest absolute Gasteiger partial charge is 0.344 e. The number of thiophene rings is 1. The smallest absolute Gasteiger partial charge is 0.292 e. The number of benzene rings is 1. The van der Waals surface area contributed by atoms with Gasteiger partial charge in [-0.2, -0.15) is 0 Å². The molecule has 1 saturated carbocycles. The Hall–Kier alpha value is -1.86. The van der Waals surface area contributed by atoms with Crippen molar-refractivity contribution in [3.05, 3.63) is 45.2 Å². The summed E-state index contributed by atoms with van der Waals surface area (Å²) in [7, 11) is 0. The number of thioether (sulfide) groups is 1. The third-order valence-corrected chi connectivity index (χ3v) is 6.28. The van der Waals surface area contributed by atoms with E-state index < -0.39 is 0 Å². The Bertz CT molecular complexity index is 950. The highest BCUT2D eigenvalue weighted by atomic mass is 32.2. The second kappa shape index (κ2) is 5.65. The standard InChI is InChI=1S/C16H15N3O2S2/c1-9-11-4-2-3-5-13(11)23-14(9)12(20)8-22-16-18-17-15(21)19(16)10-6-7-10/h2-5,10H,6-8H2,1H3,(H,17,21). The Kier molecular flexibility index (Phi) is 3.61. The van der Waals surface area contributed by atoms with Crippen molar-refractivity contribution in [1.82, 2.24) is 14.8 Å². The first-order chi connectivity index (χ1) is 11.1. The number of hydrogen-bond donors (Lipinski definition) is 1. The first-order valence-corrected chi connectivity index (χ1v) is 9.26. The van der Waals surface area contributed by atoms with Crippen LogP contribution in [0.3, 0.4) is 0 Å². The molecule has 0 aliphatic heterocycles. The van der Waals surface area contributed by atoms with E-state index in [1.165, 1.54) is 23.1 Å². The Morgan fingerprint density at radius 2 is 2.22 bits per heavy atom. The summed E-state index contributed by atoms with van der Waals surface area (Å²) in [5, 5.41) is 8.28. The number of nitrogens with one attached hydrogen (secondary N) is 1. The zero-order chi connectivity index (χ0) is 16.0. The number of aromatic amines is 1.